The fourth-order valence-corrected chi connectivity index (χ4v) is 3.46. The zero-order chi connectivity index (χ0) is 23.8. The van der Waals surface area contributed by atoms with Crippen LogP contribution in [0.1, 0.15) is 12.3 Å². The number of amides is 2. The second kappa shape index (κ2) is 11.4. The van der Waals surface area contributed by atoms with E-state index in [0.29, 0.717) is 49.3 Å². The number of anilines is 2. The predicted molar refractivity (Wildman–Crippen MR) is 126 cm³/mol. The Kier molecular flexibility index (Phi) is 7.84. The number of aryl methyl sites for hydroxylation is 1. The average Bonchev–Trinajstić information content (AvgIpc) is 3.34. The molecular weight excluding hydrogens is 438 g/mol. The Balaban J connectivity index is 1.21. The highest BCUT2D eigenvalue weighted by Gasteiger charge is 2.14. The molecule has 10 heteroatoms. The number of nitrogens with one attached hydrogen (secondary N) is 2. The second-order valence-corrected chi connectivity index (χ2v) is 7.80. The van der Waals surface area contributed by atoms with E-state index in [0.717, 1.165) is 24.4 Å². The monoisotopic (exact) mass is 465 g/mol. The maximum atomic E-state index is 12.3. The van der Waals surface area contributed by atoms with E-state index in [1.54, 1.807) is 31.4 Å². The largest absolute Gasteiger partial charge is 0.497 e. The van der Waals surface area contributed by atoms with Crippen LogP contribution in [0, 0.1) is 0 Å². The molecule has 0 spiro atoms. The molecule has 34 heavy (non-hydrogen) atoms. The number of rotatable bonds is 9. The molecule has 0 atom stereocenters. The van der Waals surface area contributed by atoms with Crippen LogP contribution in [0.25, 0.3) is 11.4 Å². The van der Waals surface area contributed by atoms with Gasteiger partial charge >= 0.3 is 0 Å². The first-order valence-corrected chi connectivity index (χ1v) is 11.1. The summed E-state index contributed by atoms with van der Waals surface area (Å²) in [7, 11) is 1.60. The first-order valence-electron chi connectivity index (χ1n) is 11.1. The summed E-state index contributed by atoms with van der Waals surface area (Å²) in [5.41, 5.74) is 2.12. The number of benzene rings is 2. The molecule has 1 aliphatic rings. The van der Waals surface area contributed by atoms with Crippen molar-refractivity contribution in [3.05, 3.63) is 54.4 Å². The lowest BCUT2D eigenvalue weighted by molar-refractivity contribution is -0.118. The number of morpholine rings is 1. The first kappa shape index (κ1) is 23.4. The van der Waals surface area contributed by atoms with Crippen molar-refractivity contribution in [3.8, 4) is 17.1 Å². The predicted octanol–water partition coefficient (Wildman–Crippen LogP) is 2.59. The molecule has 178 valence electrons. The molecule has 2 heterocycles. The van der Waals surface area contributed by atoms with Crippen molar-refractivity contribution in [1.82, 2.24) is 15.0 Å². The molecule has 1 fully saturated rings. The summed E-state index contributed by atoms with van der Waals surface area (Å²) in [4.78, 5) is 30.9. The number of methoxy groups -OCH3 is 1. The molecule has 4 rings (SSSR count). The van der Waals surface area contributed by atoms with Crippen molar-refractivity contribution in [2.45, 2.75) is 12.8 Å². The summed E-state index contributed by atoms with van der Waals surface area (Å²) >= 11 is 0. The third-order valence-electron chi connectivity index (χ3n) is 5.31. The Hall–Kier alpha value is -3.76. The lowest BCUT2D eigenvalue weighted by atomic mass is 10.2. The minimum Gasteiger partial charge on any atom is -0.497 e. The molecule has 0 radical (unpaired) electrons. The van der Waals surface area contributed by atoms with Gasteiger partial charge in [0.25, 0.3) is 0 Å². The van der Waals surface area contributed by atoms with Gasteiger partial charge in [0.1, 0.15) is 5.75 Å². The molecule has 1 saturated heterocycles. The van der Waals surface area contributed by atoms with Gasteiger partial charge in [-0.3, -0.25) is 14.5 Å². The van der Waals surface area contributed by atoms with Gasteiger partial charge < -0.3 is 24.6 Å². The Morgan fingerprint density at radius 2 is 1.62 bits per heavy atom. The van der Waals surface area contributed by atoms with Gasteiger partial charge in [-0.2, -0.15) is 4.98 Å². The van der Waals surface area contributed by atoms with Crippen molar-refractivity contribution in [3.63, 3.8) is 0 Å². The minimum absolute atomic E-state index is 0.0766. The molecule has 1 aliphatic heterocycles. The summed E-state index contributed by atoms with van der Waals surface area (Å²) in [5, 5.41) is 9.67. The van der Waals surface area contributed by atoms with Gasteiger partial charge in [-0.05, 0) is 48.5 Å². The quantitative estimate of drug-likeness (QED) is 0.495. The summed E-state index contributed by atoms with van der Waals surface area (Å²) in [5.74, 6) is 1.34. The van der Waals surface area contributed by atoms with E-state index < -0.39 is 0 Å². The number of carbonyl (C=O) groups excluding carboxylic acids is 2. The lowest BCUT2D eigenvalue weighted by Gasteiger charge is -2.25. The van der Waals surface area contributed by atoms with Gasteiger partial charge in [0, 0.05) is 42.9 Å². The van der Waals surface area contributed by atoms with Crippen LogP contribution in [0.4, 0.5) is 11.4 Å². The van der Waals surface area contributed by atoms with Gasteiger partial charge in [0.15, 0.2) is 0 Å². The van der Waals surface area contributed by atoms with E-state index in [4.69, 9.17) is 14.0 Å². The molecule has 0 bridgehead atoms. The highest BCUT2D eigenvalue weighted by molar-refractivity contribution is 5.93. The number of hydrogen-bond acceptors (Lipinski definition) is 8. The third kappa shape index (κ3) is 6.63. The van der Waals surface area contributed by atoms with Crippen molar-refractivity contribution >= 4 is 23.2 Å². The van der Waals surface area contributed by atoms with Crippen LogP contribution in [0.2, 0.25) is 0 Å². The molecule has 1 aromatic heterocycles. The molecule has 10 nitrogen and oxygen atoms in total. The van der Waals surface area contributed by atoms with Crippen molar-refractivity contribution in [2.75, 3.05) is 50.6 Å². The first-order chi connectivity index (χ1) is 16.6. The third-order valence-corrected chi connectivity index (χ3v) is 5.31. The zero-order valence-electron chi connectivity index (χ0n) is 19.0. The maximum absolute atomic E-state index is 12.3. The van der Waals surface area contributed by atoms with Gasteiger partial charge in [-0.25, -0.2) is 0 Å². The molecule has 3 aromatic rings. The van der Waals surface area contributed by atoms with Gasteiger partial charge in [0.05, 0.1) is 26.9 Å². The minimum atomic E-state index is -0.173. The van der Waals surface area contributed by atoms with Crippen molar-refractivity contribution in [2.24, 2.45) is 0 Å². The smallest absolute Gasteiger partial charge is 0.238 e. The van der Waals surface area contributed by atoms with Crippen molar-refractivity contribution < 1.29 is 23.6 Å². The summed E-state index contributed by atoms with van der Waals surface area (Å²) in [6.07, 6.45) is 0.521. The standard InChI is InChI=1S/C24H27N5O5/c1-32-20-8-2-17(3-9-20)24-27-23(34-28-24)11-10-21(30)25-18-4-6-19(7-5-18)26-22(31)16-29-12-14-33-15-13-29/h2-9H,10-16H2,1H3,(H,25,30)(H,26,31). The Bertz CT molecular complexity index is 1090. The SMILES string of the molecule is COc1ccc(-c2noc(CCC(=O)Nc3ccc(NC(=O)CN4CCOCC4)cc3)n2)cc1. The van der Waals surface area contributed by atoms with Crippen LogP contribution in [0.15, 0.2) is 53.1 Å². The fraction of sp³-hybridized carbons (Fsp3) is 0.333. The second-order valence-electron chi connectivity index (χ2n) is 7.80. The normalized spacial score (nSPS) is 13.9. The number of carbonyl (C=O) groups is 2. The van der Waals surface area contributed by atoms with Crippen molar-refractivity contribution in [1.29, 1.82) is 0 Å². The van der Waals surface area contributed by atoms with E-state index in [1.807, 2.05) is 24.3 Å². The Morgan fingerprint density at radius 1 is 0.971 bits per heavy atom. The van der Waals surface area contributed by atoms with E-state index in [1.165, 1.54) is 0 Å². The van der Waals surface area contributed by atoms with Crippen LogP contribution >= 0.6 is 0 Å². The highest BCUT2D eigenvalue weighted by atomic mass is 16.5. The number of hydrogen-bond donors (Lipinski definition) is 2. The van der Waals surface area contributed by atoms with E-state index in [9.17, 15) is 9.59 Å². The molecule has 0 aliphatic carbocycles. The number of ether oxygens (including phenoxy) is 2. The average molecular weight is 466 g/mol. The molecule has 0 saturated carbocycles. The zero-order valence-corrected chi connectivity index (χ0v) is 19.0. The Labute approximate surface area is 197 Å². The van der Waals surface area contributed by atoms with Gasteiger partial charge in [-0.15, -0.1) is 0 Å². The molecule has 2 amide bonds. The van der Waals surface area contributed by atoms with E-state index in [2.05, 4.69) is 25.7 Å². The maximum Gasteiger partial charge on any atom is 0.238 e. The Morgan fingerprint density at radius 3 is 2.26 bits per heavy atom. The molecule has 2 N–H and O–H groups in total. The van der Waals surface area contributed by atoms with E-state index in [-0.39, 0.29) is 18.2 Å². The van der Waals surface area contributed by atoms with Gasteiger partial charge in [0.2, 0.25) is 23.5 Å². The van der Waals surface area contributed by atoms with E-state index >= 15 is 0 Å². The van der Waals surface area contributed by atoms with Crippen LogP contribution in [0.3, 0.4) is 0 Å². The number of aromatic nitrogens is 2. The fourth-order valence-electron chi connectivity index (χ4n) is 3.46. The summed E-state index contributed by atoms with van der Waals surface area (Å²) in [6, 6.07) is 14.3. The number of nitrogens with zero attached hydrogens (tertiary/aromatic N) is 3. The topological polar surface area (TPSA) is 119 Å². The van der Waals surface area contributed by atoms with Crippen LogP contribution in [-0.2, 0) is 20.7 Å². The summed E-state index contributed by atoms with van der Waals surface area (Å²) in [6.45, 7) is 3.14. The highest BCUT2D eigenvalue weighted by Crippen LogP contribution is 2.20. The molecular formula is C24H27N5O5. The summed E-state index contributed by atoms with van der Waals surface area (Å²) < 4.78 is 15.7. The van der Waals surface area contributed by atoms with Crippen LogP contribution in [-0.4, -0.2) is 66.8 Å². The van der Waals surface area contributed by atoms with Crippen LogP contribution < -0.4 is 15.4 Å². The lowest BCUT2D eigenvalue weighted by Crippen LogP contribution is -2.41. The molecule has 2 aromatic carbocycles. The van der Waals surface area contributed by atoms with Gasteiger partial charge in [-0.1, -0.05) is 5.16 Å². The molecule has 0 unspecified atom stereocenters. The van der Waals surface area contributed by atoms with Crippen LogP contribution in [0.5, 0.6) is 5.75 Å².